The molecule has 0 fully saturated rings. The first-order valence-electron chi connectivity index (χ1n) is 11.6. The number of rotatable bonds is 11. The molecule has 0 unspecified atom stereocenters. The van der Waals surface area contributed by atoms with Gasteiger partial charge in [-0.2, -0.15) is 0 Å². The molecule has 184 valence electrons. The molecule has 3 rings (SSSR count). The van der Waals surface area contributed by atoms with E-state index in [0.717, 1.165) is 22.0 Å². The number of benzene rings is 3. The van der Waals surface area contributed by atoms with Crippen molar-refractivity contribution < 1.29 is 14.3 Å². The van der Waals surface area contributed by atoms with Crippen LogP contribution >= 0.6 is 27.5 Å². The van der Waals surface area contributed by atoms with Crippen LogP contribution in [0.4, 0.5) is 0 Å². The summed E-state index contributed by atoms with van der Waals surface area (Å²) in [7, 11) is 0. The molecule has 0 spiro atoms. The Bertz CT molecular complexity index is 1130. The van der Waals surface area contributed by atoms with E-state index in [4.69, 9.17) is 16.3 Å². The average Bonchev–Trinajstić information content (AvgIpc) is 2.86. The van der Waals surface area contributed by atoms with Crippen LogP contribution in [0.2, 0.25) is 5.02 Å². The number of ether oxygens (including phenoxy) is 1. The van der Waals surface area contributed by atoms with Gasteiger partial charge in [-0.1, -0.05) is 89.1 Å². The van der Waals surface area contributed by atoms with Crippen LogP contribution in [0, 0.1) is 0 Å². The molecule has 1 N–H and O–H groups in total. The maximum atomic E-state index is 13.6. The SMILES string of the molecule is CC[C@@H](C)NC(=O)[C@H](Cc1ccccc1)N(Cc1cccc(Br)c1)C(=O)COc1ccccc1Cl. The molecule has 5 nitrogen and oxygen atoms in total. The van der Waals surface area contributed by atoms with Gasteiger partial charge in [0.1, 0.15) is 11.8 Å². The first-order chi connectivity index (χ1) is 16.9. The number of hydrogen-bond donors (Lipinski definition) is 1. The Balaban J connectivity index is 1.92. The Hall–Kier alpha value is -2.83. The summed E-state index contributed by atoms with van der Waals surface area (Å²) >= 11 is 9.71. The minimum absolute atomic E-state index is 0.0111. The number of carbonyl (C=O) groups is 2. The van der Waals surface area contributed by atoms with E-state index in [9.17, 15) is 9.59 Å². The fourth-order valence-electron chi connectivity index (χ4n) is 3.61. The second kappa shape index (κ2) is 13.3. The molecule has 3 aromatic rings. The van der Waals surface area contributed by atoms with Crippen LogP contribution in [0.15, 0.2) is 83.3 Å². The van der Waals surface area contributed by atoms with Gasteiger partial charge in [0.25, 0.3) is 5.91 Å². The minimum atomic E-state index is -0.715. The normalized spacial score (nSPS) is 12.5. The van der Waals surface area contributed by atoms with Crippen LogP contribution in [0.25, 0.3) is 0 Å². The molecule has 3 aromatic carbocycles. The van der Waals surface area contributed by atoms with Crippen molar-refractivity contribution in [3.8, 4) is 5.75 Å². The minimum Gasteiger partial charge on any atom is -0.482 e. The lowest BCUT2D eigenvalue weighted by molar-refractivity contribution is -0.143. The van der Waals surface area contributed by atoms with E-state index < -0.39 is 6.04 Å². The molecule has 0 aromatic heterocycles. The molecule has 0 heterocycles. The largest absolute Gasteiger partial charge is 0.482 e. The number of carbonyl (C=O) groups excluding carboxylic acids is 2. The van der Waals surface area contributed by atoms with Crippen molar-refractivity contribution in [1.29, 1.82) is 0 Å². The number of hydrogen-bond acceptors (Lipinski definition) is 3. The zero-order chi connectivity index (χ0) is 25.2. The highest BCUT2D eigenvalue weighted by Gasteiger charge is 2.31. The van der Waals surface area contributed by atoms with E-state index in [1.165, 1.54) is 0 Å². The third kappa shape index (κ3) is 8.11. The average molecular weight is 558 g/mol. The van der Waals surface area contributed by atoms with Gasteiger partial charge in [-0.15, -0.1) is 0 Å². The van der Waals surface area contributed by atoms with Gasteiger partial charge in [-0.25, -0.2) is 0 Å². The Labute approximate surface area is 220 Å². The fraction of sp³-hybridized carbons (Fsp3) is 0.286. The highest BCUT2D eigenvalue weighted by Crippen LogP contribution is 2.24. The van der Waals surface area contributed by atoms with E-state index in [1.54, 1.807) is 29.2 Å². The maximum Gasteiger partial charge on any atom is 0.261 e. The van der Waals surface area contributed by atoms with Gasteiger partial charge in [0.15, 0.2) is 6.61 Å². The summed E-state index contributed by atoms with van der Waals surface area (Å²) in [4.78, 5) is 28.6. The molecule has 0 aliphatic rings. The van der Waals surface area contributed by atoms with Gasteiger partial charge < -0.3 is 15.0 Å². The van der Waals surface area contributed by atoms with E-state index in [0.29, 0.717) is 17.2 Å². The summed E-state index contributed by atoms with van der Waals surface area (Å²) in [6.07, 6.45) is 1.17. The summed E-state index contributed by atoms with van der Waals surface area (Å²) < 4.78 is 6.66. The molecule has 7 heteroatoms. The molecule has 2 amide bonds. The molecule has 0 saturated heterocycles. The third-order valence-electron chi connectivity index (χ3n) is 5.70. The standard InChI is InChI=1S/C28H30BrClN2O3/c1-3-20(2)31-28(34)25(17-21-10-5-4-6-11-21)32(18-22-12-9-13-23(29)16-22)27(33)19-35-26-15-8-7-14-24(26)30/h4-16,20,25H,3,17-19H2,1-2H3,(H,31,34)/t20-,25+/m1/s1. The van der Waals surface area contributed by atoms with E-state index in [-0.39, 0.29) is 31.0 Å². The predicted octanol–water partition coefficient (Wildman–Crippen LogP) is 6.04. The van der Waals surface area contributed by atoms with Crippen molar-refractivity contribution in [3.05, 3.63) is 99.5 Å². The highest BCUT2D eigenvalue weighted by atomic mass is 79.9. The second-order valence-electron chi connectivity index (χ2n) is 8.39. The van der Waals surface area contributed by atoms with Crippen LogP contribution in [-0.2, 0) is 22.6 Å². The fourth-order valence-corrected chi connectivity index (χ4v) is 4.25. The molecular weight excluding hydrogens is 528 g/mol. The number of amides is 2. The van der Waals surface area contributed by atoms with Gasteiger partial charge in [-0.3, -0.25) is 9.59 Å². The number of nitrogens with one attached hydrogen (secondary N) is 1. The van der Waals surface area contributed by atoms with Gasteiger partial charge in [0, 0.05) is 23.5 Å². The zero-order valence-electron chi connectivity index (χ0n) is 19.9. The molecule has 0 saturated carbocycles. The maximum absolute atomic E-state index is 13.6. The van der Waals surface area contributed by atoms with E-state index >= 15 is 0 Å². The van der Waals surface area contributed by atoms with Gasteiger partial charge in [0.2, 0.25) is 5.91 Å². The summed E-state index contributed by atoms with van der Waals surface area (Å²) in [6.45, 7) is 3.99. The number of para-hydroxylation sites is 1. The zero-order valence-corrected chi connectivity index (χ0v) is 22.3. The lowest BCUT2D eigenvalue weighted by Gasteiger charge is -2.32. The smallest absolute Gasteiger partial charge is 0.261 e. The van der Waals surface area contributed by atoms with Gasteiger partial charge in [-0.05, 0) is 48.7 Å². The third-order valence-corrected chi connectivity index (χ3v) is 6.51. The Morgan fingerprint density at radius 1 is 1.00 bits per heavy atom. The molecule has 0 aliphatic heterocycles. The molecular formula is C28H30BrClN2O3. The van der Waals surface area contributed by atoms with Crippen LogP contribution in [0.3, 0.4) is 0 Å². The Morgan fingerprint density at radius 2 is 1.69 bits per heavy atom. The van der Waals surface area contributed by atoms with Gasteiger partial charge >= 0.3 is 0 Å². The highest BCUT2D eigenvalue weighted by molar-refractivity contribution is 9.10. The van der Waals surface area contributed by atoms with Crippen molar-refractivity contribution >= 4 is 39.3 Å². The van der Waals surface area contributed by atoms with E-state index in [1.807, 2.05) is 68.4 Å². The van der Waals surface area contributed by atoms with Crippen molar-refractivity contribution in [2.24, 2.45) is 0 Å². The Kier molecular flexibility index (Phi) is 10.2. The van der Waals surface area contributed by atoms with Gasteiger partial charge in [0.05, 0.1) is 5.02 Å². The summed E-state index contributed by atoms with van der Waals surface area (Å²) in [5.41, 5.74) is 1.87. The second-order valence-corrected chi connectivity index (χ2v) is 9.72. The van der Waals surface area contributed by atoms with Crippen LogP contribution in [-0.4, -0.2) is 35.4 Å². The number of nitrogens with zero attached hydrogens (tertiary/aromatic N) is 1. The summed E-state index contributed by atoms with van der Waals surface area (Å²) in [5, 5.41) is 3.49. The van der Waals surface area contributed by atoms with Crippen molar-refractivity contribution in [3.63, 3.8) is 0 Å². The van der Waals surface area contributed by atoms with E-state index in [2.05, 4.69) is 21.2 Å². The molecule has 0 aliphatic carbocycles. The van der Waals surface area contributed by atoms with Crippen LogP contribution in [0.1, 0.15) is 31.4 Å². The van der Waals surface area contributed by atoms with Crippen molar-refractivity contribution in [1.82, 2.24) is 10.2 Å². The lowest BCUT2D eigenvalue weighted by atomic mass is 10.0. The number of halogens is 2. The molecule has 0 bridgehead atoms. The molecule has 35 heavy (non-hydrogen) atoms. The topological polar surface area (TPSA) is 58.6 Å². The van der Waals surface area contributed by atoms with Crippen molar-refractivity contribution in [2.75, 3.05) is 6.61 Å². The summed E-state index contributed by atoms with van der Waals surface area (Å²) in [5.74, 6) is -0.0667. The monoisotopic (exact) mass is 556 g/mol. The lowest BCUT2D eigenvalue weighted by Crippen LogP contribution is -2.53. The Morgan fingerprint density at radius 3 is 2.37 bits per heavy atom. The predicted molar refractivity (Wildman–Crippen MR) is 143 cm³/mol. The van der Waals surface area contributed by atoms with Crippen LogP contribution in [0.5, 0.6) is 5.75 Å². The quantitative estimate of drug-likeness (QED) is 0.313. The molecule has 0 radical (unpaired) electrons. The molecule has 2 atom stereocenters. The van der Waals surface area contributed by atoms with Crippen LogP contribution < -0.4 is 10.1 Å². The first kappa shape index (κ1) is 26.8. The summed E-state index contributed by atoms with van der Waals surface area (Å²) in [6, 6.07) is 23.7. The van der Waals surface area contributed by atoms with Crippen molar-refractivity contribution in [2.45, 2.75) is 45.3 Å². The first-order valence-corrected chi connectivity index (χ1v) is 12.8.